The molecule has 0 amide bonds. The number of aromatic hydroxyl groups is 1. The summed E-state index contributed by atoms with van der Waals surface area (Å²) < 4.78 is 43.5. The van der Waals surface area contributed by atoms with Gasteiger partial charge in [-0.2, -0.15) is 13.2 Å². The Morgan fingerprint density at radius 3 is 2.53 bits per heavy atom. The first kappa shape index (κ1) is 20.2. The van der Waals surface area contributed by atoms with E-state index in [0.717, 1.165) is 4.57 Å². The van der Waals surface area contributed by atoms with Gasteiger partial charge in [0.15, 0.2) is 11.0 Å². The van der Waals surface area contributed by atoms with E-state index in [2.05, 4.69) is 32.8 Å². The van der Waals surface area contributed by atoms with Gasteiger partial charge in [-0.05, 0) is 24.3 Å². The maximum absolute atomic E-state index is 13.2. The van der Waals surface area contributed by atoms with Crippen molar-refractivity contribution in [1.29, 1.82) is 0 Å². The number of nitrogens with one attached hydrogen (secondary N) is 1. The van der Waals surface area contributed by atoms with E-state index in [1.807, 2.05) is 0 Å². The molecule has 5 aromatic rings. The number of hydrogen-bond donors (Lipinski definition) is 3. The third kappa shape index (κ3) is 2.88. The largest absolute Gasteiger partial charge is 0.507 e. The number of aromatic nitrogens is 7. The first-order valence-electron chi connectivity index (χ1n) is 9.17. The number of phenols is 1. The van der Waals surface area contributed by atoms with E-state index < -0.39 is 12.0 Å². The van der Waals surface area contributed by atoms with E-state index in [1.165, 1.54) is 34.4 Å². The molecule has 0 bridgehead atoms. The zero-order valence-corrected chi connectivity index (χ0v) is 17.4. The van der Waals surface area contributed by atoms with Gasteiger partial charge in [0.1, 0.15) is 5.75 Å². The monoisotopic (exact) mass is 461 g/mol. The van der Waals surface area contributed by atoms with Crippen LogP contribution in [0.4, 0.5) is 13.2 Å². The number of thiol groups is 1. The molecular formula is C19H14F3N7O2S. The van der Waals surface area contributed by atoms with Crippen molar-refractivity contribution >= 4 is 34.7 Å². The molecule has 3 aromatic heterocycles. The van der Waals surface area contributed by atoms with Crippen molar-refractivity contribution in [2.45, 2.75) is 11.3 Å². The van der Waals surface area contributed by atoms with Gasteiger partial charge in [-0.25, -0.2) is 9.78 Å². The zero-order valence-electron chi connectivity index (χ0n) is 16.5. The summed E-state index contributed by atoms with van der Waals surface area (Å²) in [6.45, 7) is 0. The Morgan fingerprint density at radius 1 is 1.06 bits per heavy atom. The molecule has 32 heavy (non-hydrogen) atoms. The molecular weight excluding hydrogens is 447 g/mol. The summed E-state index contributed by atoms with van der Waals surface area (Å²) in [5.74, 6) is -0.995. The normalized spacial score (nSPS) is 12.3. The highest BCUT2D eigenvalue weighted by atomic mass is 32.1. The molecule has 0 atom stereocenters. The van der Waals surface area contributed by atoms with E-state index in [0.29, 0.717) is 22.2 Å². The van der Waals surface area contributed by atoms with Gasteiger partial charge in [-0.3, -0.25) is 9.13 Å². The third-order valence-electron chi connectivity index (χ3n) is 5.28. The van der Waals surface area contributed by atoms with Gasteiger partial charge in [0.25, 0.3) is 0 Å². The van der Waals surface area contributed by atoms with Crippen LogP contribution in [0.3, 0.4) is 0 Å². The highest BCUT2D eigenvalue weighted by Gasteiger charge is 2.36. The molecule has 0 spiro atoms. The minimum Gasteiger partial charge on any atom is -0.507 e. The van der Waals surface area contributed by atoms with Gasteiger partial charge in [-0.15, -0.1) is 22.8 Å². The van der Waals surface area contributed by atoms with Gasteiger partial charge in [-0.1, -0.05) is 0 Å². The van der Waals surface area contributed by atoms with Gasteiger partial charge >= 0.3 is 11.9 Å². The second kappa shape index (κ2) is 6.63. The number of imidazole rings is 2. The summed E-state index contributed by atoms with van der Waals surface area (Å²) in [6.07, 6.45) is -4.60. The Morgan fingerprint density at radius 2 is 1.81 bits per heavy atom. The second-order valence-corrected chi connectivity index (χ2v) is 7.60. The Hall–Kier alpha value is -3.74. The number of hydrogen-bond acceptors (Lipinski definition) is 6. The van der Waals surface area contributed by atoms with Crippen LogP contribution < -0.4 is 5.69 Å². The fraction of sp³-hybridized carbons (Fsp3) is 0.158. The maximum atomic E-state index is 13.2. The van der Waals surface area contributed by atoms with E-state index in [-0.39, 0.29) is 33.5 Å². The van der Waals surface area contributed by atoms with Crippen LogP contribution in [0.25, 0.3) is 39.1 Å². The molecule has 3 heterocycles. The fourth-order valence-corrected chi connectivity index (χ4v) is 3.97. The number of fused-ring (bicyclic) bond motifs is 2. The number of aryl methyl sites for hydroxylation is 2. The predicted octanol–water partition coefficient (Wildman–Crippen LogP) is 3.01. The first-order valence-corrected chi connectivity index (χ1v) is 9.61. The molecule has 0 aliphatic carbocycles. The molecule has 9 nitrogen and oxygen atoms in total. The third-order valence-corrected chi connectivity index (χ3v) is 5.57. The smallest absolute Gasteiger partial charge is 0.449 e. The number of phenolic OH excluding ortho intramolecular Hbond substituents is 1. The average Bonchev–Trinajstić information content (AvgIpc) is 3.35. The zero-order chi connectivity index (χ0) is 22.9. The second-order valence-electron chi connectivity index (χ2n) is 7.20. The lowest BCUT2D eigenvalue weighted by atomic mass is 10.1. The van der Waals surface area contributed by atoms with Gasteiger partial charge in [0.05, 0.1) is 33.3 Å². The number of halogens is 3. The SMILES string of the molecule is Cn1c(C(F)(F)F)nc2cc(-n3c(S)nnc3-c3cc4c(cc3O)[nH]c(=O)n4C)ccc21. The number of rotatable bonds is 2. The minimum absolute atomic E-state index is 0.123. The van der Waals surface area contributed by atoms with E-state index in [4.69, 9.17) is 0 Å². The van der Waals surface area contributed by atoms with E-state index >= 15 is 0 Å². The lowest BCUT2D eigenvalue weighted by Gasteiger charge is -2.10. The lowest BCUT2D eigenvalue weighted by molar-refractivity contribution is -0.146. The summed E-state index contributed by atoms with van der Waals surface area (Å²) in [4.78, 5) is 18.3. The van der Waals surface area contributed by atoms with Crippen LogP contribution in [0.5, 0.6) is 5.75 Å². The number of alkyl halides is 3. The van der Waals surface area contributed by atoms with Crippen molar-refractivity contribution in [2.75, 3.05) is 0 Å². The quantitative estimate of drug-likeness (QED) is 0.351. The molecule has 13 heteroatoms. The first-order chi connectivity index (χ1) is 15.1. The van der Waals surface area contributed by atoms with E-state index in [9.17, 15) is 23.1 Å². The van der Waals surface area contributed by atoms with Crippen molar-refractivity contribution in [3.63, 3.8) is 0 Å². The highest BCUT2D eigenvalue weighted by Crippen LogP contribution is 2.35. The molecule has 2 N–H and O–H groups in total. The summed E-state index contributed by atoms with van der Waals surface area (Å²) in [5, 5.41) is 18.7. The van der Waals surface area contributed by atoms with Gasteiger partial charge in [0.2, 0.25) is 5.82 Å². The Bertz CT molecular complexity index is 1590. The Balaban J connectivity index is 1.72. The Labute approximate surface area is 182 Å². The van der Waals surface area contributed by atoms with Crippen molar-refractivity contribution in [2.24, 2.45) is 14.1 Å². The van der Waals surface area contributed by atoms with Crippen LogP contribution >= 0.6 is 12.6 Å². The lowest BCUT2D eigenvalue weighted by Crippen LogP contribution is -2.12. The summed E-state index contributed by atoms with van der Waals surface area (Å²) in [6, 6.07) is 7.50. The van der Waals surface area contributed by atoms with Crippen LogP contribution in [-0.4, -0.2) is 39.0 Å². The summed E-state index contributed by atoms with van der Waals surface area (Å²) in [7, 11) is 2.87. The molecule has 0 aliphatic heterocycles. The van der Waals surface area contributed by atoms with Crippen LogP contribution in [0.15, 0.2) is 40.3 Å². The van der Waals surface area contributed by atoms with Crippen molar-refractivity contribution in [3.05, 3.63) is 46.6 Å². The van der Waals surface area contributed by atoms with Crippen LogP contribution in [0.1, 0.15) is 5.82 Å². The van der Waals surface area contributed by atoms with Crippen LogP contribution in [0.2, 0.25) is 0 Å². The van der Waals surface area contributed by atoms with Gasteiger partial charge in [0, 0.05) is 20.2 Å². The predicted molar refractivity (Wildman–Crippen MR) is 112 cm³/mol. The number of H-pyrrole nitrogens is 1. The standard InChI is InChI=1S/C19H14F3N7O2S/c1-27-12-4-3-8(5-10(12)23-16(27)19(20,21)22)29-15(25-26-18(29)32)9-6-13-11(7-14(9)30)24-17(31)28(13)2/h3-7,30H,1-2H3,(H,24,31)(H,26,32). The molecule has 0 saturated heterocycles. The van der Waals surface area contributed by atoms with Crippen molar-refractivity contribution in [1.82, 2.24) is 33.9 Å². The topological polar surface area (TPSA) is 107 Å². The summed E-state index contributed by atoms with van der Waals surface area (Å²) in [5.41, 5.74) is 1.68. The maximum Gasteiger partial charge on any atom is 0.449 e. The van der Waals surface area contributed by atoms with Gasteiger partial charge < -0.3 is 14.7 Å². The van der Waals surface area contributed by atoms with E-state index in [1.54, 1.807) is 19.2 Å². The fourth-order valence-electron chi connectivity index (χ4n) is 3.71. The average molecular weight is 461 g/mol. The number of benzene rings is 2. The van der Waals surface area contributed by atoms with Crippen molar-refractivity contribution < 1.29 is 18.3 Å². The highest BCUT2D eigenvalue weighted by molar-refractivity contribution is 7.80. The summed E-state index contributed by atoms with van der Waals surface area (Å²) >= 11 is 4.32. The molecule has 0 saturated carbocycles. The molecule has 164 valence electrons. The minimum atomic E-state index is -4.60. The molecule has 0 aliphatic rings. The van der Waals surface area contributed by atoms with Crippen LogP contribution in [0, 0.1) is 0 Å². The molecule has 0 fully saturated rings. The molecule has 2 aromatic carbocycles. The Kier molecular flexibility index (Phi) is 4.18. The number of nitrogens with zero attached hydrogens (tertiary/aromatic N) is 6. The van der Waals surface area contributed by atoms with Crippen molar-refractivity contribution in [3.8, 4) is 22.8 Å². The van der Waals surface area contributed by atoms with Crippen LogP contribution in [-0.2, 0) is 20.3 Å². The molecule has 0 radical (unpaired) electrons. The molecule has 0 unspecified atom stereocenters. The molecule has 5 rings (SSSR count). The number of aromatic amines is 1.